The Bertz CT molecular complexity index is 807. The highest BCUT2D eigenvalue weighted by molar-refractivity contribution is 7.98. The molecule has 1 heterocycles. The highest BCUT2D eigenvalue weighted by atomic mass is 32.2. The molecular formula is C17H12F4N2S. The predicted octanol–water partition coefficient (Wildman–Crippen LogP) is 5.28. The first-order chi connectivity index (χ1) is 11.4. The van der Waals surface area contributed by atoms with E-state index in [0.717, 1.165) is 30.7 Å². The van der Waals surface area contributed by atoms with Crippen molar-refractivity contribution in [3.63, 3.8) is 0 Å². The fourth-order valence-corrected chi connectivity index (χ4v) is 3.30. The van der Waals surface area contributed by atoms with E-state index < -0.39 is 23.1 Å². The standard InChI is InChI=1S/C17H12F4N2S/c18-12-3-1-2-10(6-12)9-24-16-13(8-22)14(17(19,20)21)7-15(23-16)11-4-5-11/h1-3,6-7,11H,4-5,9H2. The molecule has 1 aromatic heterocycles. The van der Waals surface area contributed by atoms with Gasteiger partial charge in [-0.05, 0) is 36.6 Å². The van der Waals surface area contributed by atoms with Crippen LogP contribution in [0.1, 0.15) is 41.1 Å². The van der Waals surface area contributed by atoms with Crippen LogP contribution in [0.2, 0.25) is 0 Å². The minimum atomic E-state index is -4.61. The lowest BCUT2D eigenvalue weighted by Crippen LogP contribution is -2.11. The first-order valence-corrected chi connectivity index (χ1v) is 8.26. The van der Waals surface area contributed by atoms with Gasteiger partial charge in [-0.1, -0.05) is 12.1 Å². The molecule has 0 spiro atoms. The number of nitrogens with zero attached hydrogens (tertiary/aromatic N) is 2. The van der Waals surface area contributed by atoms with E-state index in [1.165, 1.54) is 18.2 Å². The summed E-state index contributed by atoms with van der Waals surface area (Å²) in [5.74, 6) is -0.137. The van der Waals surface area contributed by atoms with Gasteiger partial charge in [0.05, 0.1) is 11.1 Å². The van der Waals surface area contributed by atoms with Gasteiger partial charge >= 0.3 is 6.18 Å². The Morgan fingerprint density at radius 1 is 1.25 bits per heavy atom. The summed E-state index contributed by atoms with van der Waals surface area (Å²) in [4.78, 5) is 4.26. The zero-order valence-electron chi connectivity index (χ0n) is 12.4. The molecule has 0 atom stereocenters. The van der Waals surface area contributed by atoms with E-state index in [2.05, 4.69) is 4.98 Å². The number of rotatable bonds is 4. The summed E-state index contributed by atoms with van der Waals surface area (Å²) in [7, 11) is 0. The zero-order valence-corrected chi connectivity index (χ0v) is 13.2. The van der Waals surface area contributed by atoms with Crippen LogP contribution in [0.25, 0.3) is 0 Å². The van der Waals surface area contributed by atoms with Crippen molar-refractivity contribution in [2.45, 2.75) is 35.7 Å². The van der Waals surface area contributed by atoms with Crippen molar-refractivity contribution in [3.8, 4) is 6.07 Å². The third-order valence-corrected chi connectivity index (χ3v) is 4.73. The molecule has 0 bridgehead atoms. The van der Waals surface area contributed by atoms with Crippen molar-refractivity contribution in [2.24, 2.45) is 0 Å². The van der Waals surface area contributed by atoms with Crippen LogP contribution in [0.15, 0.2) is 35.4 Å². The second kappa shape index (κ2) is 6.44. The molecule has 3 rings (SSSR count). The summed E-state index contributed by atoms with van der Waals surface area (Å²) in [5, 5.41) is 9.24. The van der Waals surface area contributed by atoms with Crippen LogP contribution in [-0.4, -0.2) is 4.98 Å². The van der Waals surface area contributed by atoms with Gasteiger partial charge in [0, 0.05) is 17.4 Å². The van der Waals surface area contributed by atoms with Crippen LogP contribution < -0.4 is 0 Å². The maximum Gasteiger partial charge on any atom is 0.417 e. The van der Waals surface area contributed by atoms with Gasteiger partial charge in [0.2, 0.25) is 0 Å². The van der Waals surface area contributed by atoms with E-state index in [1.54, 1.807) is 12.1 Å². The monoisotopic (exact) mass is 352 g/mol. The maximum atomic E-state index is 13.3. The molecule has 1 fully saturated rings. The van der Waals surface area contributed by atoms with Crippen molar-refractivity contribution in [2.75, 3.05) is 0 Å². The Morgan fingerprint density at radius 3 is 2.58 bits per heavy atom. The summed E-state index contributed by atoms with van der Waals surface area (Å²) in [6, 6.07) is 8.44. The number of benzene rings is 1. The molecule has 1 saturated carbocycles. The van der Waals surface area contributed by atoms with Crippen LogP contribution in [-0.2, 0) is 11.9 Å². The number of aromatic nitrogens is 1. The largest absolute Gasteiger partial charge is 0.417 e. The lowest BCUT2D eigenvalue weighted by molar-refractivity contribution is -0.138. The molecule has 7 heteroatoms. The second-order valence-corrected chi connectivity index (χ2v) is 6.54. The van der Waals surface area contributed by atoms with Gasteiger partial charge in [-0.15, -0.1) is 11.8 Å². The van der Waals surface area contributed by atoms with Crippen LogP contribution in [0.4, 0.5) is 17.6 Å². The van der Waals surface area contributed by atoms with E-state index in [1.807, 2.05) is 0 Å². The van der Waals surface area contributed by atoms with Gasteiger partial charge in [0.25, 0.3) is 0 Å². The molecule has 0 aliphatic heterocycles. The SMILES string of the molecule is N#Cc1c(C(F)(F)F)cc(C2CC2)nc1SCc1cccc(F)c1. The number of hydrogen-bond donors (Lipinski definition) is 0. The van der Waals surface area contributed by atoms with E-state index in [0.29, 0.717) is 11.3 Å². The van der Waals surface area contributed by atoms with E-state index >= 15 is 0 Å². The molecule has 1 aliphatic carbocycles. The van der Waals surface area contributed by atoms with Crippen LogP contribution >= 0.6 is 11.8 Å². The first kappa shape index (κ1) is 16.8. The van der Waals surface area contributed by atoms with Crippen molar-refractivity contribution < 1.29 is 17.6 Å². The number of hydrogen-bond acceptors (Lipinski definition) is 3. The molecule has 0 radical (unpaired) electrons. The van der Waals surface area contributed by atoms with E-state index in [4.69, 9.17) is 0 Å². The molecular weight excluding hydrogens is 340 g/mol. The van der Waals surface area contributed by atoms with Crippen LogP contribution in [0, 0.1) is 17.1 Å². The lowest BCUT2D eigenvalue weighted by Gasteiger charge is -2.14. The molecule has 1 aromatic carbocycles. The highest BCUT2D eigenvalue weighted by Crippen LogP contribution is 2.43. The van der Waals surface area contributed by atoms with Gasteiger partial charge in [0.15, 0.2) is 0 Å². The average molecular weight is 352 g/mol. The topological polar surface area (TPSA) is 36.7 Å². The third kappa shape index (κ3) is 3.70. The molecule has 124 valence electrons. The number of nitriles is 1. The quantitative estimate of drug-likeness (QED) is 0.555. The molecule has 24 heavy (non-hydrogen) atoms. The van der Waals surface area contributed by atoms with Gasteiger partial charge in [0.1, 0.15) is 16.9 Å². The van der Waals surface area contributed by atoms with Crippen LogP contribution in [0.3, 0.4) is 0 Å². The number of thioether (sulfide) groups is 1. The smallest absolute Gasteiger partial charge is 0.245 e. The molecule has 2 nitrogen and oxygen atoms in total. The Labute approximate surface area is 140 Å². The van der Waals surface area contributed by atoms with E-state index in [-0.39, 0.29) is 16.7 Å². The molecule has 2 aromatic rings. The lowest BCUT2D eigenvalue weighted by atomic mass is 10.1. The second-order valence-electron chi connectivity index (χ2n) is 5.58. The Kier molecular flexibility index (Phi) is 4.50. The summed E-state index contributed by atoms with van der Waals surface area (Å²) < 4.78 is 53.0. The molecule has 0 unspecified atom stereocenters. The van der Waals surface area contributed by atoms with Crippen molar-refractivity contribution in [3.05, 3.63) is 58.5 Å². The normalized spacial score (nSPS) is 14.5. The van der Waals surface area contributed by atoms with Crippen molar-refractivity contribution >= 4 is 11.8 Å². The highest BCUT2D eigenvalue weighted by Gasteiger charge is 2.38. The Hall–Kier alpha value is -2.07. The number of alkyl halides is 3. The summed E-state index contributed by atoms with van der Waals surface area (Å²) in [5.41, 5.74) is -0.406. The van der Waals surface area contributed by atoms with Gasteiger partial charge < -0.3 is 0 Å². The Balaban J connectivity index is 1.96. The fourth-order valence-electron chi connectivity index (χ4n) is 2.34. The van der Waals surface area contributed by atoms with Gasteiger partial charge in [-0.3, -0.25) is 0 Å². The first-order valence-electron chi connectivity index (χ1n) is 7.28. The molecule has 1 aliphatic rings. The summed E-state index contributed by atoms with van der Waals surface area (Å²) in [6.07, 6.45) is -2.99. The maximum absolute atomic E-state index is 13.3. The van der Waals surface area contributed by atoms with Gasteiger partial charge in [-0.25, -0.2) is 9.37 Å². The van der Waals surface area contributed by atoms with Crippen molar-refractivity contribution in [1.29, 1.82) is 5.26 Å². The summed E-state index contributed by atoms with van der Waals surface area (Å²) >= 11 is 1.02. The third-order valence-electron chi connectivity index (χ3n) is 3.68. The number of pyridine rings is 1. The molecule has 0 saturated heterocycles. The number of halogens is 4. The molecule has 0 N–H and O–H groups in total. The average Bonchev–Trinajstić information content (AvgIpc) is 3.36. The minimum absolute atomic E-state index is 0.0346. The zero-order chi connectivity index (χ0) is 17.3. The van der Waals surface area contributed by atoms with Crippen LogP contribution in [0.5, 0.6) is 0 Å². The Morgan fingerprint density at radius 2 is 2.00 bits per heavy atom. The van der Waals surface area contributed by atoms with E-state index in [9.17, 15) is 22.8 Å². The van der Waals surface area contributed by atoms with Crippen molar-refractivity contribution in [1.82, 2.24) is 4.98 Å². The fraction of sp³-hybridized carbons (Fsp3) is 0.294. The minimum Gasteiger partial charge on any atom is -0.245 e. The predicted molar refractivity (Wildman–Crippen MR) is 81.9 cm³/mol. The summed E-state index contributed by atoms with van der Waals surface area (Å²) in [6.45, 7) is 0. The molecule has 0 amide bonds. The van der Waals surface area contributed by atoms with Gasteiger partial charge in [-0.2, -0.15) is 18.4 Å².